The van der Waals surface area contributed by atoms with E-state index in [1.165, 1.54) is 0 Å². The van der Waals surface area contributed by atoms with Crippen molar-refractivity contribution in [2.24, 2.45) is 0 Å². The van der Waals surface area contributed by atoms with Crippen LogP contribution in [0.15, 0.2) is 79.0 Å². The number of hydrogen-bond acceptors (Lipinski definition) is 4. The molecule has 3 heterocycles. The number of benzene rings is 3. The monoisotopic (exact) mass is 477 g/mol. The van der Waals surface area contributed by atoms with Gasteiger partial charge in [-0.15, -0.1) is 0 Å². The van der Waals surface area contributed by atoms with E-state index in [-0.39, 0.29) is 18.7 Å². The number of hydrogen-bond donors (Lipinski definition) is 3. The summed E-state index contributed by atoms with van der Waals surface area (Å²) in [5.74, 6) is -1.40. The Balaban J connectivity index is 1.25. The van der Waals surface area contributed by atoms with Gasteiger partial charge in [0.15, 0.2) is 5.65 Å². The van der Waals surface area contributed by atoms with Gasteiger partial charge in [0.25, 0.3) is 0 Å². The normalized spacial score (nSPS) is 12.4. The second-order valence-electron chi connectivity index (χ2n) is 8.83. The van der Waals surface area contributed by atoms with Crippen molar-refractivity contribution in [3.8, 4) is 0 Å². The van der Waals surface area contributed by atoms with Crippen LogP contribution in [0.1, 0.15) is 12.0 Å². The molecular formula is C28H23N5O3. The van der Waals surface area contributed by atoms with Crippen molar-refractivity contribution in [3.63, 3.8) is 0 Å². The second-order valence-corrected chi connectivity index (χ2v) is 8.83. The first-order valence-corrected chi connectivity index (χ1v) is 11.8. The summed E-state index contributed by atoms with van der Waals surface area (Å²) in [5.41, 5.74) is 5.80. The Labute approximate surface area is 205 Å². The Hall–Kier alpha value is -4.72. The molecule has 0 saturated heterocycles. The molecule has 0 aliphatic carbocycles. The molecule has 0 radical (unpaired) electrons. The van der Waals surface area contributed by atoms with Crippen molar-refractivity contribution in [2.45, 2.75) is 25.4 Å². The minimum Gasteiger partial charge on any atom is -0.480 e. The third kappa shape index (κ3) is 3.82. The number of para-hydroxylation sites is 4. The molecule has 1 unspecified atom stereocenters. The number of carboxylic acids is 1. The molecule has 3 N–H and O–H groups in total. The summed E-state index contributed by atoms with van der Waals surface area (Å²) in [7, 11) is 0. The van der Waals surface area contributed by atoms with E-state index in [0.717, 1.165) is 43.9 Å². The van der Waals surface area contributed by atoms with Crippen LogP contribution in [0.2, 0.25) is 0 Å². The van der Waals surface area contributed by atoms with Crippen LogP contribution in [0.5, 0.6) is 0 Å². The van der Waals surface area contributed by atoms with E-state index in [1.807, 2.05) is 77.4 Å². The first kappa shape index (κ1) is 21.8. The summed E-state index contributed by atoms with van der Waals surface area (Å²) in [6.45, 7) is 0.349. The van der Waals surface area contributed by atoms with E-state index < -0.39 is 12.0 Å². The Kier molecular flexibility index (Phi) is 5.33. The van der Waals surface area contributed by atoms with Gasteiger partial charge in [0.1, 0.15) is 11.6 Å². The van der Waals surface area contributed by atoms with Crippen LogP contribution >= 0.6 is 0 Å². The SMILES string of the molecule is O=C(CCn1c2ccccc2c2nc3ccccc3nc21)NC(Cc1c[nH]c2ccccc12)C(=O)O. The summed E-state index contributed by atoms with van der Waals surface area (Å²) >= 11 is 0. The molecule has 8 heteroatoms. The van der Waals surface area contributed by atoms with E-state index in [4.69, 9.17) is 9.97 Å². The number of carbonyl (C=O) groups is 2. The van der Waals surface area contributed by atoms with Crippen molar-refractivity contribution in [3.05, 3.63) is 84.6 Å². The molecule has 6 aromatic rings. The van der Waals surface area contributed by atoms with Gasteiger partial charge in [-0.3, -0.25) is 4.79 Å². The molecule has 3 aromatic heterocycles. The molecule has 0 fully saturated rings. The van der Waals surface area contributed by atoms with Gasteiger partial charge in [-0.1, -0.05) is 48.5 Å². The number of nitrogens with one attached hydrogen (secondary N) is 2. The first-order chi connectivity index (χ1) is 17.6. The fourth-order valence-corrected chi connectivity index (χ4v) is 4.81. The molecule has 0 bridgehead atoms. The lowest BCUT2D eigenvalue weighted by atomic mass is 10.0. The summed E-state index contributed by atoms with van der Waals surface area (Å²) in [6.07, 6.45) is 2.10. The highest BCUT2D eigenvalue weighted by Crippen LogP contribution is 2.28. The van der Waals surface area contributed by atoms with Gasteiger partial charge < -0.3 is 20.0 Å². The van der Waals surface area contributed by atoms with Gasteiger partial charge in [0, 0.05) is 41.9 Å². The van der Waals surface area contributed by atoms with Gasteiger partial charge in [0.2, 0.25) is 5.91 Å². The number of aliphatic carboxylic acids is 1. The summed E-state index contributed by atoms with van der Waals surface area (Å²) in [4.78, 5) is 37.7. The van der Waals surface area contributed by atoms with E-state index in [1.54, 1.807) is 6.20 Å². The van der Waals surface area contributed by atoms with E-state index in [0.29, 0.717) is 12.2 Å². The molecule has 0 aliphatic rings. The zero-order valence-corrected chi connectivity index (χ0v) is 19.3. The van der Waals surface area contributed by atoms with Crippen LogP contribution in [0, 0.1) is 0 Å². The predicted octanol–water partition coefficient (Wildman–Crippen LogP) is 4.42. The van der Waals surface area contributed by atoms with Crippen molar-refractivity contribution in [2.75, 3.05) is 0 Å². The number of nitrogens with zero attached hydrogens (tertiary/aromatic N) is 3. The summed E-state index contributed by atoms with van der Waals surface area (Å²) in [6, 6.07) is 22.3. The van der Waals surface area contributed by atoms with Crippen LogP contribution in [0.3, 0.4) is 0 Å². The maximum atomic E-state index is 12.9. The lowest BCUT2D eigenvalue weighted by molar-refractivity contribution is -0.141. The summed E-state index contributed by atoms with van der Waals surface area (Å²) in [5, 5.41) is 14.4. The molecule has 0 saturated carbocycles. The number of fused-ring (bicyclic) bond motifs is 5. The maximum absolute atomic E-state index is 12.9. The zero-order valence-electron chi connectivity index (χ0n) is 19.3. The molecule has 1 atom stereocenters. The minimum atomic E-state index is -1.07. The van der Waals surface area contributed by atoms with Crippen LogP contribution in [-0.2, 0) is 22.6 Å². The quantitative estimate of drug-likeness (QED) is 0.315. The average Bonchev–Trinajstić information content (AvgIpc) is 3.44. The molecule has 8 nitrogen and oxygen atoms in total. The fraction of sp³-hybridized carbons (Fsp3) is 0.143. The molecule has 0 spiro atoms. The molecule has 6 rings (SSSR count). The van der Waals surface area contributed by atoms with Gasteiger partial charge in [0.05, 0.1) is 16.6 Å². The third-order valence-electron chi connectivity index (χ3n) is 6.55. The second kappa shape index (κ2) is 8.81. The van der Waals surface area contributed by atoms with E-state index in [9.17, 15) is 14.7 Å². The Morgan fingerprint density at radius 1 is 0.917 bits per heavy atom. The highest BCUT2D eigenvalue weighted by atomic mass is 16.4. The van der Waals surface area contributed by atoms with Crippen molar-refractivity contribution in [1.29, 1.82) is 0 Å². The predicted molar refractivity (Wildman–Crippen MR) is 139 cm³/mol. The van der Waals surface area contributed by atoms with Gasteiger partial charge >= 0.3 is 5.97 Å². The van der Waals surface area contributed by atoms with Crippen LogP contribution in [-0.4, -0.2) is 42.5 Å². The molecule has 0 aliphatic heterocycles. The van der Waals surface area contributed by atoms with Gasteiger partial charge in [-0.2, -0.15) is 0 Å². The number of H-pyrrole nitrogens is 1. The number of rotatable bonds is 7. The van der Waals surface area contributed by atoms with Crippen molar-refractivity contribution >= 4 is 55.9 Å². The van der Waals surface area contributed by atoms with E-state index in [2.05, 4.69) is 10.3 Å². The molecule has 178 valence electrons. The van der Waals surface area contributed by atoms with Crippen molar-refractivity contribution < 1.29 is 14.7 Å². The Bertz CT molecular complexity index is 1770. The number of carbonyl (C=O) groups excluding carboxylic acids is 1. The van der Waals surface area contributed by atoms with Gasteiger partial charge in [-0.25, -0.2) is 14.8 Å². The smallest absolute Gasteiger partial charge is 0.326 e. The summed E-state index contributed by atoms with van der Waals surface area (Å²) < 4.78 is 1.99. The molecule has 3 aromatic carbocycles. The Morgan fingerprint density at radius 3 is 2.42 bits per heavy atom. The minimum absolute atomic E-state index is 0.111. The average molecular weight is 478 g/mol. The topological polar surface area (TPSA) is 113 Å². The van der Waals surface area contributed by atoms with Gasteiger partial charge in [-0.05, 0) is 29.8 Å². The Morgan fingerprint density at radius 2 is 1.61 bits per heavy atom. The number of aryl methyl sites for hydroxylation is 1. The number of amides is 1. The number of aromatic amines is 1. The lowest BCUT2D eigenvalue weighted by Crippen LogP contribution is -2.42. The number of aromatic nitrogens is 4. The van der Waals surface area contributed by atoms with Crippen molar-refractivity contribution in [1.82, 2.24) is 24.8 Å². The highest BCUT2D eigenvalue weighted by Gasteiger charge is 2.22. The third-order valence-corrected chi connectivity index (χ3v) is 6.55. The fourth-order valence-electron chi connectivity index (χ4n) is 4.81. The molecule has 36 heavy (non-hydrogen) atoms. The lowest BCUT2D eigenvalue weighted by Gasteiger charge is -2.15. The maximum Gasteiger partial charge on any atom is 0.326 e. The zero-order chi connectivity index (χ0) is 24.6. The van der Waals surface area contributed by atoms with Crippen LogP contribution in [0.4, 0.5) is 0 Å². The van der Waals surface area contributed by atoms with Crippen LogP contribution in [0.25, 0.3) is 44.0 Å². The molecule has 1 amide bonds. The standard InChI is InChI=1S/C28H23N5O3/c34-25(30-23(28(35)36)15-17-16-29-20-9-3-1-7-18(17)20)13-14-33-24-12-6-2-8-19(24)26-27(33)32-22-11-5-4-10-21(22)31-26/h1-12,16,23,29H,13-15H2,(H,30,34)(H,35,36). The van der Waals surface area contributed by atoms with E-state index >= 15 is 0 Å². The molecular weight excluding hydrogens is 454 g/mol. The van der Waals surface area contributed by atoms with Crippen LogP contribution < -0.4 is 5.32 Å². The largest absolute Gasteiger partial charge is 0.480 e. The highest BCUT2D eigenvalue weighted by molar-refractivity contribution is 6.06. The first-order valence-electron chi connectivity index (χ1n) is 11.8. The number of carboxylic acid groups (broad SMARTS) is 1.